The first kappa shape index (κ1) is 11.5. The monoisotopic (exact) mass is 248 g/mol. The van der Waals surface area contributed by atoms with Crippen LogP contribution in [0.5, 0.6) is 0 Å². The molecule has 0 saturated heterocycles. The Labute approximate surface area is 104 Å². The molecular weight excluding hydrogens is 236 g/mol. The molecule has 0 aliphatic heterocycles. The van der Waals surface area contributed by atoms with Gasteiger partial charge in [0.25, 0.3) is 0 Å². The van der Waals surface area contributed by atoms with Crippen molar-refractivity contribution >= 4 is 23.0 Å². The number of thiocarbonyl (C=S) groups is 1. The topological polar surface area (TPSA) is 77.0 Å². The van der Waals surface area contributed by atoms with Crippen molar-refractivity contribution in [2.75, 3.05) is 5.32 Å². The van der Waals surface area contributed by atoms with Crippen LogP contribution >= 0.6 is 12.2 Å². The van der Waals surface area contributed by atoms with Gasteiger partial charge in [-0.25, -0.2) is 4.98 Å². The largest absolute Gasteiger partial charge is 0.389 e. The van der Waals surface area contributed by atoms with Gasteiger partial charge in [-0.05, 0) is 18.6 Å². The average molecular weight is 248 g/mol. The fourth-order valence-electron chi connectivity index (χ4n) is 1.51. The molecule has 0 aliphatic rings. The Morgan fingerprint density at radius 3 is 3.00 bits per heavy atom. The van der Waals surface area contributed by atoms with E-state index in [1.54, 1.807) is 12.3 Å². The molecule has 2 aromatic heterocycles. The van der Waals surface area contributed by atoms with Gasteiger partial charge in [0.05, 0.1) is 12.1 Å². The molecule has 0 radical (unpaired) electrons. The number of nitrogens with zero attached hydrogens (tertiary/aromatic N) is 2. The molecule has 0 fully saturated rings. The number of hydrogen-bond donors (Lipinski definition) is 2. The molecule has 0 saturated carbocycles. The fraction of sp³-hybridized carbons (Fsp3) is 0.182. The molecule has 88 valence electrons. The summed E-state index contributed by atoms with van der Waals surface area (Å²) in [5, 5.41) is 6.94. The van der Waals surface area contributed by atoms with Crippen molar-refractivity contribution in [3.8, 4) is 0 Å². The quantitative estimate of drug-likeness (QED) is 0.801. The third-order valence-electron chi connectivity index (χ3n) is 2.33. The summed E-state index contributed by atoms with van der Waals surface area (Å²) < 4.78 is 4.74. The third-order valence-corrected chi connectivity index (χ3v) is 2.54. The first-order valence-corrected chi connectivity index (χ1v) is 5.48. The molecule has 2 heterocycles. The molecule has 3 N–H and O–H groups in total. The highest BCUT2D eigenvalue weighted by Crippen LogP contribution is 2.17. The van der Waals surface area contributed by atoms with Crippen LogP contribution < -0.4 is 11.1 Å². The molecule has 0 amide bonds. The van der Waals surface area contributed by atoms with Crippen LogP contribution in [0.25, 0.3) is 0 Å². The van der Waals surface area contributed by atoms with E-state index in [9.17, 15) is 0 Å². The van der Waals surface area contributed by atoms with Gasteiger partial charge in [0.15, 0.2) is 0 Å². The van der Waals surface area contributed by atoms with E-state index < -0.39 is 0 Å². The summed E-state index contributed by atoms with van der Waals surface area (Å²) in [5.74, 6) is 0.667. The van der Waals surface area contributed by atoms with Gasteiger partial charge in [-0.15, -0.1) is 0 Å². The highest BCUT2D eigenvalue weighted by molar-refractivity contribution is 7.80. The Bertz CT molecular complexity index is 524. The summed E-state index contributed by atoms with van der Waals surface area (Å²) in [6, 6.07) is 3.65. The molecule has 0 aliphatic carbocycles. The van der Waals surface area contributed by atoms with E-state index in [-0.39, 0.29) is 0 Å². The zero-order chi connectivity index (χ0) is 12.3. The van der Waals surface area contributed by atoms with Gasteiger partial charge in [0.1, 0.15) is 22.8 Å². The maximum absolute atomic E-state index is 5.68. The highest BCUT2D eigenvalue weighted by Gasteiger charge is 2.09. The first-order valence-electron chi connectivity index (χ1n) is 5.07. The fourth-order valence-corrected chi connectivity index (χ4v) is 1.76. The van der Waals surface area contributed by atoms with E-state index in [4.69, 9.17) is 22.5 Å². The summed E-state index contributed by atoms with van der Waals surface area (Å²) >= 11 is 5.01. The Kier molecular flexibility index (Phi) is 3.34. The standard InChI is InChI=1S/C11H12N4OS/c1-7-2-4-13-11(9(7)10(12)17)14-6-8-3-5-16-15-8/h2-5H,6H2,1H3,(H2,12,17)(H,13,14). The Hall–Kier alpha value is -1.95. The van der Waals surface area contributed by atoms with Crippen LogP contribution in [0.2, 0.25) is 0 Å². The molecule has 2 aromatic rings. The van der Waals surface area contributed by atoms with Crippen molar-refractivity contribution in [1.29, 1.82) is 0 Å². The van der Waals surface area contributed by atoms with Gasteiger partial charge >= 0.3 is 0 Å². The second kappa shape index (κ2) is 4.92. The summed E-state index contributed by atoms with van der Waals surface area (Å²) in [6.07, 6.45) is 3.23. The van der Waals surface area contributed by atoms with Crippen LogP contribution in [-0.4, -0.2) is 15.1 Å². The normalized spacial score (nSPS) is 10.2. The van der Waals surface area contributed by atoms with Crippen LogP contribution in [0, 0.1) is 6.92 Å². The molecule has 6 heteroatoms. The second-order valence-corrected chi connectivity index (χ2v) is 4.00. The van der Waals surface area contributed by atoms with E-state index in [0.29, 0.717) is 17.4 Å². The van der Waals surface area contributed by atoms with E-state index >= 15 is 0 Å². The molecule has 17 heavy (non-hydrogen) atoms. The zero-order valence-corrected chi connectivity index (χ0v) is 10.1. The van der Waals surface area contributed by atoms with E-state index in [1.165, 1.54) is 6.26 Å². The summed E-state index contributed by atoms with van der Waals surface area (Å²) in [4.78, 5) is 4.55. The minimum absolute atomic E-state index is 0.332. The molecule has 0 aromatic carbocycles. The predicted molar refractivity (Wildman–Crippen MR) is 68.7 cm³/mol. The maximum atomic E-state index is 5.68. The van der Waals surface area contributed by atoms with Gasteiger partial charge in [-0.1, -0.05) is 17.4 Å². The van der Waals surface area contributed by atoms with E-state index in [2.05, 4.69) is 15.5 Å². The lowest BCUT2D eigenvalue weighted by Gasteiger charge is -2.11. The number of rotatable bonds is 4. The van der Waals surface area contributed by atoms with Gasteiger partial charge in [-0.2, -0.15) is 0 Å². The van der Waals surface area contributed by atoms with E-state index in [1.807, 2.05) is 13.0 Å². The molecule has 0 unspecified atom stereocenters. The number of hydrogen-bond acceptors (Lipinski definition) is 5. The smallest absolute Gasteiger partial charge is 0.136 e. The lowest BCUT2D eigenvalue weighted by atomic mass is 10.1. The van der Waals surface area contributed by atoms with Crippen molar-refractivity contribution in [1.82, 2.24) is 10.1 Å². The second-order valence-electron chi connectivity index (χ2n) is 3.56. The minimum atomic E-state index is 0.332. The Morgan fingerprint density at radius 1 is 1.53 bits per heavy atom. The number of nitrogens with one attached hydrogen (secondary N) is 1. The van der Waals surface area contributed by atoms with Crippen LogP contribution in [0.4, 0.5) is 5.82 Å². The molecule has 2 rings (SSSR count). The number of anilines is 1. The lowest BCUT2D eigenvalue weighted by molar-refractivity contribution is 0.412. The third kappa shape index (κ3) is 2.59. The lowest BCUT2D eigenvalue weighted by Crippen LogP contribution is -2.16. The summed E-state index contributed by atoms with van der Waals surface area (Å²) in [6.45, 7) is 2.46. The molecule has 0 bridgehead atoms. The average Bonchev–Trinajstić information content (AvgIpc) is 2.78. The maximum Gasteiger partial charge on any atom is 0.136 e. The van der Waals surface area contributed by atoms with Gasteiger partial charge in [0, 0.05) is 12.3 Å². The van der Waals surface area contributed by atoms with Gasteiger partial charge in [-0.3, -0.25) is 0 Å². The Balaban J connectivity index is 2.21. The highest BCUT2D eigenvalue weighted by atomic mass is 32.1. The molecular formula is C11H12N4OS. The number of aryl methyl sites for hydroxylation is 1. The number of nitrogens with two attached hydrogens (primary N) is 1. The molecule has 0 spiro atoms. The Morgan fingerprint density at radius 2 is 2.35 bits per heavy atom. The predicted octanol–water partition coefficient (Wildman–Crippen LogP) is 1.62. The van der Waals surface area contributed by atoms with E-state index in [0.717, 1.165) is 16.8 Å². The van der Waals surface area contributed by atoms with Crippen molar-refractivity contribution in [3.63, 3.8) is 0 Å². The van der Waals surface area contributed by atoms with Gasteiger partial charge < -0.3 is 15.6 Å². The number of aromatic nitrogens is 2. The minimum Gasteiger partial charge on any atom is -0.389 e. The van der Waals surface area contributed by atoms with Crippen molar-refractivity contribution in [3.05, 3.63) is 41.4 Å². The molecule has 5 nitrogen and oxygen atoms in total. The van der Waals surface area contributed by atoms with Crippen LogP contribution in [-0.2, 0) is 6.54 Å². The summed E-state index contributed by atoms with van der Waals surface area (Å²) in [5.41, 5.74) is 8.24. The molecule has 0 atom stereocenters. The summed E-state index contributed by atoms with van der Waals surface area (Å²) in [7, 11) is 0. The van der Waals surface area contributed by atoms with Crippen molar-refractivity contribution < 1.29 is 4.52 Å². The SMILES string of the molecule is Cc1ccnc(NCc2ccon2)c1C(N)=S. The first-order chi connectivity index (χ1) is 8.18. The van der Waals surface area contributed by atoms with Crippen molar-refractivity contribution in [2.24, 2.45) is 5.73 Å². The van der Waals surface area contributed by atoms with Crippen molar-refractivity contribution in [2.45, 2.75) is 13.5 Å². The zero-order valence-electron chi connectivity index (χ0n) is 9.30. The van der Waals surface area contributed by atoms with Gasteiger partial charge in [0.2, 0.25) is 0 Å². The van der Waals surface area contributed by atoms with Crippen LogP contribution in [0.3, 0.4) is 0 Å². The van der Waals surface area contributed by atoms with Crippen LogP contribution in [0.1, 0.15) is 16.8 Å². The van der Waals surface area contributed by atoms with Crippen LogP contribution in [0.15, 0.2) is 29.1 Å². The number of pyridine rings is 1.